The molecule has 0 aliphatic heterocycles. The van der Waals surface area contributed by atoms with Crippen LogP contribution in [0.3, 0.4) is 0 Å². The molecule has 2 nitrogen and oxygen atoms in total. The minimum absolute atomic E-state index is 0.306. The highest BCUT2D eigenvalue weighted by atomic mass is 16.5. The molecule has 0 amide bonds. The van der Waals surface area contributed by atoms with Gasteiger partial charge in [-0.2, -0.15) is 0 Å². The van der Waals surface area contributed by atoms with Crippen LogP contribution in [0.1, 0.15) is 51.9 Å². The van der Waals surface area contributed by atoms with Crippen LogP contribution in [-0.4, -0.2) is 12.4 Å². The average Bonchev–Trinajstić information content (AvgIpc) is 2.69. The lowest BCUT2D eigenvalue weighted by atomic mass is 9.71. The van der Waals surface area contributed by atoms with Gasteiger partial charge in [0.05, 0.1) is 12.9 Å². The maximum Gasteiger partial charge on any atom is 0.161 e. The van der Waals surface area contributed by atoms with E-state index in [2.05, 4.69) is 0 Å². The predicted octanol–water partition coefficient (Wildman–Crippen LogP) is 3.22. The Morgan fingerprint density at radius 2 is 2.07 bits per heavy atom. The minimum atomic E-state index is 0.306. The second-order valence-corrected chi connectivity index (χ2v) is 4.91. The molecule has 0 heterocycles. The van der Waals surface area contributed by atoms with Crippen molar-refractivity contribution in [2.24, 2.45) is 5.41 Å². The molecule has 0 unspecified atom stereocenters. The van der Waals surface area contributed by atoms with E-state index >= 15 is 0 Å². The predicted molar refractivity (Wildman–Crippen MR) is 59.5 cm³/mol. The van der Waals surface area contributed by atoms with Crippen LogP contribution in [0.4, 0.5) is 0 Å². The highest BCUT2D eigenvalue weighted by molar-refractivity contribution is 5.96. The molecule has 2 heteroatoms. The van der Waals surface area contributed by atoms with Gasteiger partial charge in [0.1, 0.15) is 0 Å². The average molecular weight is 208 g/mol. The van der Waals surface area contributed by atoms with Crippen LogP contribution < -0.4 is 0 Å². The molecule has 2 aliphatic carbocycles. The lowest BCUT2D eigenvalue weighted by Crippen LogP contribution is -2.26. The quantitative estimate of drug-likeness (QED) is 0.514. The summed E-state index contributed by atoms with van der Waals surface area (Å²) >= 11 is 0. The molecular weight excluding hydrogens is 188 g/mol. The Bertz CT molecular complexity index is 272. The molecule has 0 aromatic heterocycles. The zero-order valence-corrected chi connectivity index (χ0v) is 9.55. The Morgan fingerprint density at radius 1 is 1.33 bits per heavy atom. The maximum absolute atomic E-state index is 11.7. The van der Waals surface area contributed by atoms with Gasteiger partial charge < -0.3 is 4.74 Å². The summed E-state index contributed by atoms with van der Waals surface area (Å²) in [4.78, 5) is 11.7. The molecule has 2 aliphatic rings. The first-order valence-corrected chi connectivity index (χ1v) is 6.10. The lowest BCUT2D eigenvalue weighted by Gasteiger charge is -2.33. The minimum Gasteiger partial charge on any atom is -0.501 e. The number of rotatable bonds is 2. The number of hydrogen-bond acceptors (Lipinski definition) is 2. The first-order valence-electron chi connectivity index (χ1n) is 6.10. The molecule has 0 N–H and O–H groups in total. The number of hydrogen-bond donors (Lipinski definition) is 0. The van der Waals surface area contributed by atoms with E-state index in [1.54, 1.807) is 6.26 Å². The molecule has 2 fully saturated rings. The first-order chi connectivity index (χ1) is 7.26. The van der Waals surface area contributed by atoms with E-state index < -0.39 is 0 Å². The third kappa shape index (κ3) is 2.24. The fourth-order valence-corrected chi connectivity index (χ4v) is 2.97. The second kappa shape index (κ2) is 4.38. The Balaban J connectivity index is 2.06. The molecule has 15 heavy (non-hydrogen) atoms. The summed E-state index contributed by atoms with van der Waals surface area (Å²) < 4.78 is 5.26. The molecule has 0 bridgehead atoms. The lowest BCUT2D eigenvalue weighted by molar-refractivity contribution is -0.118. The Morgan fingerprint density at radius 3 is 2.73 bits per heavy atom. The molecule has 0 aromatic rings. The normalized spacial score (nSPS) is 27.5. The monoisotopic (exact) mass is 208 g/mol. The number of Topliss-reactive ketones (excluding diaryl/α,β-unsaturated/α-hetero) is 1. The van der Waals surface area contributed by atoms with Gasteiger partial charge in [0.15, 0.2) is 5.78 Å². The first kappa shape index (κ1) is 10.7. The standard InChI is InChI=1S/C13H20O2/c1-2-15-10-11-9-13(6-3-4-7-13)8-5-12(11)14/h10H,2-9H2,1H3/b11-10+. The fraction of sp³-hybridized carbons (Fsp3) is 0.769. The molecule has 84 valence electrons. The van der Waals surface area contributed by atoms with Crippen LogP contribution in [0.25, 0.3) is 0 Å². The van der Waals surface area contributed by atoms with Gasteiger partial charge >= 0.3 is 0 Å². The van der Waals surface area contributed by atoms with E-state index in [0.717, 1.165) is 24.8 Å². The van der Waals surface area contributed by atoms with Crippen molar-refractivity contribution in [2.45, 2.75) is 51.9 Å². The smallest absolute Gasteiger partial charge is 0.161 e. The molecule has 0 atom stereocenters. The van der Waals surface area contributed by atoms with Crippen molar-refractivity contribution in [1.82, 2.24) is 0 Å². The maximum atomic E-state index is 11.7. The van der Waals surface area contributed by atoms with Crippen molar-refractivity contribution in [3.05, 3.63) is 11.8 Å². The van der Waals surface area contributed by atoms with Crippen LogP contribution in [0.15, 0.2) is 11.8 Å². The van der Waals surface area contributed by atoms with Crippen LogP contribution in [0.5, 0.6) is 0 Å². The van der Waals surface area contributed by atoms with Gasteiger partial charge in [0.25, 0.3) is 0 Å². The van der Waals surface area contributed by atoms with Gasteiger partial charge in [-0.3, -0.25) is 4.79 Å². The summed E-state index contributed by atoms with van der Waals surface area (Å²) in [6.45, 7) is 2.61. The third-order valence-electron chi connectivity index (χ3n) is 3.86. The zero-order valence-electron chi connectivity index (χ0n) is 9.55. The molecular formula is C13H20O2. The molecule has 2 rings (SSSR count). The van der Waals surface area contributed by atoms with Gasteiger partial charge in [-0.15, -0.1) is 0 Å². The number of allylic oxidation sites excluding steroid dienone is 1. The number of ether oxygens (including phenoxy) is 1. The Hall–Kier alpha value is -0.790. The van der Waals surface area contributed by atoms with Crippen molar-refractivity contribution in [3.8, 4) is 0 Å². The third-order valence-corrected chi connectivity index (χ3v) is 3.86. The number of carbonyl (C=O) groups is 1. The van der Waals surface area contributed by atoms with Crippen molar-refractivity contribution >= 4 is 5.78 Å². The Kier molecular flexibility index (Phi) is 3.13. The van der Waals surface area contributed by atoms with Crippen molar-refractivity contribution < 1.29 is 9.53 Å². The Labute approximate surface area is 91.7 Å². The molecule has 0 radical (unpaired) electrons. The summed E-state index contributed by atoms with van der Waals surface area (Å²) in [5.74, 6) is 0.306. The zero-order chi connectivity index (χ0) is 10.7. The van der Waals surface area contributed by atoms with E-state index in [1.807, 2.05) is 6.92 Å². The van der Waals surface area contributed by atoms with Gasteiger partial charge in [0, 0.05) is 12.0 Å². The summed E-state index contributed by atoms with van der Waals surface area (Å²) in [6, 6.07) is 0. The second-order valence-electron chi connectivity index (χ2n) is 4.91. The highest BCUT2D eigenvalue weighted by Crippen LogP contribution is 2.49. The van der Waals surface area contributed by atoms with E-state index in [1.165, 1.54) is 25.7 Å². The molecule has 1 spiro atoms. The van der Waals surface area contributed by atoms with E-state index in [0.29, 0.717) is 17.8 Å². The number of ketones is 1. The van der Waals surface area contributed by atoms with Crippen LogP contribution in [-0.2, 0) is 9.53 Å². The van der Waals surface area contributed by atoms with E-state index in [9.17, 15) is 4.79 Å². The van der Waals surface area contributed by atoms with E-state index in [4.69, 9.17) is 4.74 Å². The van der Waals surface area contributed by atoms with Crippen molar-refractivity contribution in [3.63, 3.8) is 0 Å². The fourth-order valence-electron chi connectivity index (χ4n) is 2.97. The van der Waals surface area contributed by atoms with Gasteiger partial charge in [0.2, 0.25) is 0 Å². The van der Waals surface area contributed by atoms with Crippen LogP contribution in [0.2, 0.25) is 0 Å². The SMILES string of the molecule is CCO/C=C1\CC2(CCCC2)CCC1=O. The van der Waals surface area contributed by atoms with Gasteiger partial charge in [-0.1, -0.05) is 12.8 Å². The topological polar surface area (TPSA) is 26.3 Å². The largest absolute Gasteiger partial charge is 0.501 e. The molecule has 0 saturated heterocycles. The number of carbonyl (C=O) groups excluding carboxylic acids is 1. The summed E-state index contributed by atoms with van der Waals surface area (Å²) in [6.07, 6.45) is 9.82. The highest BCUT2D eigenvalue weighted by Gasteiger charge is 2.39. The van der Waals surface area contributed by atoms with Crippen molar-refractivity contribution in [1.29, 1.82) is 0 Å². The molecule has 0 aromatic carbocycles. The van der Waals surface area contributed by atoms with Crippen LogP contribution in [0, 0.1) is 5.41 Å². The summed E-state index contributed by atoms with van der Waals surface area (Å²) in [7, 11) is 0. The molecule has 2 saturated carbocycles. The van der Waals surface area contributed by atoms with Crippen LogP contribution >= 0.6 is 0 Å². The van der Waals surface area contributed by atoms with Crippen molar-refractivity contribution in [2.75, 3.05) is 6.61 Å². The van der Waals surface area contributed by atoms with Gasteiger partial charge in [-0.25, -0.2) is 0 Å². The summed E-state index contributed by atoms with van der Waals surface area (Å²) in [5, 5.41) is 0. The van der Waals surface area contributed by atoms with E-state index in [-0.39, 0.29) is 0 Å². The van der Waals surface area contributed by atoms with Gasteiger partial charge in [-0.05, 0) is 38.0 Å². The summed E-state index contributed by atoms with van der Waals surface area (Å²) in [5.41, 5.74) is 1.39.